The molecule has 0 bridgehead atoms. The van der Waals surface area contributed by atoms with Crippen molar-refractivity contribution in [2.45, 2.75) is 129 Å². The van der Waals surface area contributed by atoms with Gasteiger partial charge in [-0.05, 0) is 44.9 Å². The van der Waals surface area contributed by atoms with Gasteiger partial charge in [0, 0.05) is 12.8 Å². The molecule has 1 atom stereocenters. The quantitative estimate of drug-likeness (QED) is 0.0465. The third-order valence-corrected chi connectivity index (χ3v) is 6.41. The third-order valence-electron chi connectivity index (χ3n) is 5.92. The highest BCUT2D eigenvalue weighted by molar-refractivity contribution is 7.46. The Bertz CT molecular complexity index is 741. The summed E-state index contributed by atoms with van der Waals surface area (Å²) >= 11 is 0. The van der Waals surface area contributed by atoms with Gasteiger partial charge in [-0.25, -0.2) is 4.57 Å². The van der Waals surface area contributed by atoms with Crippen LogP contribution < -0.4 is 0 Å². The average Bonchev–Trinajstić information content (AvgIpc) is 2.89. The maximum Gasteiger partial charge on any atom is 0.469 e. The van der Waals surface area contributed by atoms with Crippen LogP contribution in [0.3, 0.4) is 0 Å². The summed E-state index contributed by atoms with van der Waals surface area (Å²) in [4.78, 5) is 42.1. The Morgan fingerprint density at radius 3 is 1.85 bits per heavy atom. The lowest BCUT2D eigenvalue weighted by atomic mass is 10.1. The zero-order valence-electron chi connectivity index (χ0n) is 24.3. The molecule has 226 valence electrons. The molecule has 0 radical (unpaired) electrons. The van der Waals surface area contributed by atoms with Crippen molar-refractivity contribution >= 4 is 19.8 Å². The molecule has 1 unspecified atom stereocenters. The van der Waals surface area contributed by atoms with E-state index in [1.54, 1.807) is 0 Å². The number of carbonyl (C=O) groups excluding carboxylic acids is 2. The second kappa shape index (κ2) is 26.5. The minimum absolute atomic E-state index is 0.192. The first-order chi connectivity index (χ1) is 18.8. The largest absolute Gasteiger partial charge is 0.469 e. The lowest BCUT2D eigenvalue weighted by Gasteiger charge is -2.18. The molecule has 39 heavy (non-hydrogen) atoms. The number of phosphoric ester groups is 1. The molecular formula is C30H53O8P. The summed E-state index contributed by atoms with van der Waals surface area (Å²) in [5, 5.41) is 0. The van der Waals surface area contributed by atoms with Gasteiger partial charge in [0.05, 0.1) is 6.61 Å². The predicted octanol–water partition coefficient (Wildman–Crippen LogP) is 7.89. The number of ether oxygens (including phenoxy) is 2. The van der Waals surface area contributed by atoms with E-state index in [9.17, 15) is 14.2 Å². The lowest BCUT2D eigenvalue weighted by molar-refractivity contribution is -0.161. The number of esters is 2. The Morgan fingerprint density at radius 1 is 0.692 bits per heavy atom. The summed E-state index contributed by atoms with van der Waals surface area (Å²) < 4.78 is 26.0. The van der Waals surface area contributed by atoms with Crippen LogP contribution in [0.25, 0.3) is 0 Å². The van der Waals surface area contributed by atoms with Gasteiger partial charge in [-0.3, -0.25) is 14.1 Å². The Morgan fingerprint density at radius 2 is 1.23 bits per heavy atom. The average molecular weight is 573 g/mol. The number of hydrogen-bond donors (Lipinski definition) is 2. The van der Waals surface area contributed by atoms with Crippen LogP contribution in [-0.2, 0) is 28.2 Å². The SMILES string of the molecule is CC/C=C\C/C=C\C/C=C\CCCCCCCC(=O)OC(COC(=O)CCCCCCCC)COP(=O)(O)O. The van der Waals surface area contributed by atoms with E-state index in [1.807, 2.05) is 0 Å². The van der Waals surface area contributed by atoms with Crippen LogP contribution in [0.4, 0.5) is 0 Å². The fourth-order valence-corrected chi connectivity index (χ4v) is 4.10. The van der Waals surface area contributed by atoms with E-state index >= 15 is 0 Å². The van der Waals surface area contributed by atoms with Crippen molar-refractivity contribution in [3.63, 3.8) is 0 Å². The molecule has 0 aliphatic heterocycles. The van der Waals surface area contributed by atoms with E-state index in [-0.39, 0.29) is 19.4 Å². The normalized spacial score (nSPS) is 13.0. The lowest BCUT2D eigenvalue weighted by Crippen LogP contribution is -2.29. The van der Waals surface area contributed by atoms with Crippen molar-refractivity contribution in [3.8, 4) is 0 Å². The van der Waals surface area contributed by atoms with Crippen molar-refractivity contribution in [1.29, 1.82) is 0 Å². The van der Waals surface area contributed by atoms with Crippen LogP contribution in [0.15, 0.2) is 36.5 Å². The van der Waals surface area contributed by atoms with Gasteiger partial charge in [0.25, 0.3) is 0 Å². The highest BCUT2D eigenvalue weighted by Gasteiger charge is 2.22. The Kier molecular flexibility index (Phi) is 25.3. The molecule has 8 nitrogen and oxygen atoms in total. The second-order valence-corrected chi connectivity index (χ2v) is 10.9. The Balaban J connectivity index is 4.07. The summed E-state index contributed by atoms with van der Waals surface area (Å²) in [5.41, 5.74) is 0. The predicted molar refractivity (Wildman–Crippen MR) is 156 cm³/mol. The molecule has 0 aliphatic rings. The number of allylic oxidation sites excluding steroid dienone is 6. The fourth-order valence-electron chi connectivity index (χ4n) is 3.74. The fraction of sp³-hybridized carbons (Fsp3) is 0.733. The minimum atomic E-state index is -4.74. The first kappa shape index (κ1) is 37.3. The summed E-state index contributed by atoms with van der Waals surface area (Å²) in [7, 11) is -4.74. The third kappa shape index (κ3) is 29.1. The van der Waals surface area contributed by atoms with Crippen LogP contribution in [0.1, 0.15) is 123 Å². The van der Waals surface area contributed by atoms with Crippen molar-refractivity contribution in [2.24, 2.45) is 0 Å². The number of unbranched alkanes of at least 4 members (excludes halogenated alkanes) is 10. The number of carbonyl (C=O) groups is 2. The molecule has 0 amide bonds. The maximum absolute atomic E-state index is 12.2. The van der Waals surface area contributed by atoms with Crippen molar-refractivity contribution in [3.05, 3.63) is 36.5 Å². The molecule has 0 saturated heterocycles. The molecule has 9 heteroatoms. The molecule has 0 saturated carbocycles. The zero-order chi connectivity index (χ0) is 29.0. The van der Waals surface area contributed by atoms with Crippen LogP contribution in [0.5, 0.6) is 0 Å². The van der Waals surface area contributed by atoms with Crippen LogP contribution in [0, 0.1) is 0 Å². The highest BCUT2D eigenvalue weighted by Crippen LogP contribution is 2.35. The molecule has 0 aliphatic carbocycles. The number of phosphoric acid groups is 1. The van der Waals surface area contributed by atoms with Gasteiger partial charge in [0.1, 0.15) is 6.61 Å². The van der Waals surface area contributed by atoms with Crippen molar-refractivity contribution in [1.82, 2.24) is 0 Å². The summed E-state index contributed by atoms with van der Waals surface area (Å²) in [6, 6.07) is 0. The van der Waals surface area contributed by atoms with Crippen LogP contribution in [0.2, 0.25) is 0 Å². The van der Waals surface area contributed by atoms with E-state index in [0.29, 0.717) is 6.42 Å². The standard InChI is InChI=1S/C30H53O8P/c1-3-5-7-9-11-12-13-14-15-16-17-18-19-21-23-25-30(32)38-28(27-37-39(33,34)35)26-36-29(31)24-22-20-10-8-6-4-2/h5,7,11-12,14-15,28H,3-4,6,8-10,13,16-27H2,1-2H3,(H2,33,34,35)/b7-5-,12-11-,15-14-. The number of rotatable bonds is 26. The Labute approximate surface area is 236 Å². The molecule has 2 N–H and O–H groups in total. The van der Waals surface area contributed by atoms with E-state index in [0.717, 1.165) is 83.5 Å². The van der Waals surface area contributed by atoms with E-state index < -0.39 is 32.5 Å². The summed E-state index contributed by atoms with van der Waals surface area (Å²) in [5.74, 6) is -0.920. The van der Waals surface area contributed by atoms with E-state index in [4.69, 9.17) is 19.3 Å². The Hall–Kier alpha value is -1.73. The molecule has 0 rings (SSSR count). The van der Waals surface area contributed by atoms with Crippen LogP contribution >= 0.6 is 7.82 Å². The molecular weight excluding hydrogens is 519 g/mol. The highest BCUT2D eigenvalue weighted by atomic mass is 31.2. The van der Waals surface area contributed by atoms with Gasteiger partial charge in [-0.1, -0.05) is 102 Å². The van der Waals surface area contributed by atoms with Gasteiger partial charge in [0.2, 0.25) is 0 Å². The molecule has 0 heterocycles. The monoisotopic (exact) mass is 572 g/mol. The van der Waals surface area contributed by atoms with Gasteiger partial charge < -0.3 is 19.3 Å². The number of hydrogen-bond acceptors (Lipinski definition) is 6. The first-order valence-corrected chi connectivity index (χ1v) is 16.3. The molecule has 0 spiro atoms. The van der Waals surface area contributed by atoms with Gasteiger partial charge >= 0.3 is 19.8 Å². The molecule has 0 fully saturated rings. The smallest absolute Gasteiger partial charge is 0.462 e. The molecule has 0 aromatic rings. The van der Waals surface area contributed by atoms with Crippen molar-refractivity contribution in [2.75, 3.05) is 13.2 Å². The van der Waals surface area contributed by atoms with E-state index in [1.165, 1.54) is 6.42 Å². The maximum atomic E-state index is 12.2. The molecule has 0 aromatic carbocycles. The molecule has 0 aromatic heterocycles. The topological polar surface area (TPSA) is 119 Å². The van der Waals surface area contributed by atoms with Gasteiger partial charge in [-0.15, -0.1) is 0 Å². The van der Waals surface area contributed by atoms with Crippen LogP contribution in [-0.4, -0.2) is 41.0 Å². The first-order valence-electron chi connectivity index (χ1n) is 14.8. The van der Waals surface area contributed by atoms with Gasteiger partial charge in [0.15, 0.2) is 6.10 Å². The summed E-state index contributed by atoms with van der Waals surface area (Å²) in [6.07, 6.45) is 27.6. The second-order valence-electron chi connectivity index (χ2n) is 9.70. The van der Waals surface area contributed by atoms with E-state index in [2.05, 4.69) is 54.8 Å². The zero-order valence-corrected chi connectivity index (χ0v) is 25.2. The van der Waals surface area contributed by atoms with Crippen molar-refractivity contribution < 1.29 is 37.9 Å². The van der Waals surface area contributed by atoms with Gasteiger partial charge in [-0.2, -0.15) is 0 Å². The summed E-state index contributed by atoms with van der Waals surface area (Å²) in [6.45, 7) is 3.44. The minimum Gasteiger partial charge on any atom is -0.462 e.